The molecule has 0 aliphatic carbocycles. The number of aromatic amines is 1. The molecule has 8 heteroatoms. The first-order valence-electron chi connectivity index (χ1n) is 6.70. The van der Waals surface area contributed by atoms with Gasteiger partial charge in [-0.25, -0.2) is 15.0 Å². The molecular weight excluding hydrogens is 272 g/mol. The van der Waals surface area contributed by atoms with Crippen LogP contribution in [0.5, 0.6) is 0 Å². The van der Waals surface area contributed by atoms with Gasteiger partial charge in [0.1, 0.15) is 24.2 Å². The molecule has 3 aromatic heterocycles. The smallest absolute Gasteiger partial charge is 0.180 e. The van der Waals surface area contributed by atoms with Crippen LogP contribution in [0.25, 0.3) is 0 Å². The van der Waals surface area contributed by atoms with Gasteiger partial charge < -0.3 is 8.83 Å². The average Bonchev–Trinajstić information content (AvgIpc) is 3.20. The Hall–Kier alpha value is -2.48. The van der Waals surface area contributed by atoms with Crippen molar-refractivity contribution in [1.82, 2.24) is 30.0 Å². The summed E-state index contributed by atoms with van der Waals surface area (Å²) in [5.41, 5.74) is 1.71. The molecule has 0 aliphatic rings. The highest BCUT2D eigenvalue weighted by Gasteiger charge is 2.13. The number of rotatable bonds is 7. The highest BCUT2D eigenvalue weighted by atomic mass is 16.3. The molecule has 0 amide bonds. The topological polar surface area (TPSA) is 96.9 Å². The molecule has 0 saturated heterocycles. The molecule has 0 bridgehead atoms. The third-order valence-corrected chi connectivity index (χ3v) is 3.01. The van der Waals surface area contributed by atoms with E-state index >= 15 is 0 Å². The number of oxazole rings is 2. The van der Waals surface area contributed by atoms with Gasteiger partial charge in [0.15, 0.2) is 12.8 Å². The molecule has 1 N–H and O–H groups in total. The summed E-state index contributed by atoms with van der Waals surface area (Å²) >= 11 is 0. The lowest BCUT2D eigenvalue weighted by atomic mass is 10.3. The lowest BCUT2D eigenvalue weighted by Crippen LogP contribution is -2.23. The number of hydrogen-bond acceptors (Lipinski definition) is 7. The van der Waals surface area contributed by atoms with Crippen molar-refractivity contribution >= 4 is 0 Å². The first kappa shape index (κ1) is 13.5. The van der Waals surface area contributed by atoms with E-state index in [0.717, 1.165) is 29.5 Å². The molecule has 0 unspecified atom stereocenters. The Bertz CT molecular complexity index is 610. The van der Waals surface area contributed by atoms with E-state index in [1.165, 1.54) is 12.8 Å². The number of hydrogen-bond donors (Lipinski definition) is 1. The standard InChI is InChI=1S/C13H16N6O2/c1-2-12-16-13(18-17-12)5-19(3-10-6-20-8-14-10)4-11-7-21-9-15-11/h6-9H,2-5H2,1H3,(H,16,17,18). The first-order chi connectivity index (χ1) is 10.3. The van der Waals surface area contributed by atoms with E-state index in [1.807, 2.05) is 6.92 Å². The lowest BCUT2D eigenvalue weighted by Gasteiger charge is -2.18. The van der Waals surface area contributed by atoms with E-state index in [-0.39, 0.29) is 0 Å². The second-order valence-corrected chi connectivity index (χ2v) is 4.66. The normalized spacial score (nSPS) is 11.3. The summed E-state index contributed by atoms with van der Waals surface area (Å²) in [5.74, 6) is 1.63. The van der Waals surface area contributed by atoms with Crippen LogP contribution in [0.2, 0.25) is 0 Å². The monoisotopic (exact) mass is 288 g/mol. The molecule has 110 valence electrons. The molecular formula is C13H16N6O2. The average molecular weight is 288 g/mol. The van der Waals surface area contributed by atoms with Gasteiger partial charge in [-0.15, -0.1) is 0 Å². The van der Waals surface area contributed by atoms with E-state index in [4.69, 9.17) is 8.83 Å². The van der Waals surface area contributed by atoms with E-state index in [1.54, 1.807) is 12.5 Å². The van der Waals surface area contributed by atoms with Gasteiger partial charge in [-0.1, -0.05) is 6.92 Å². The van der Waals surface area contributed by atoms with Crippen LogP contribution in [0.3, 0.4) is 0 Å². The van der Waals surface area contributed by atoms with Crippen molar-refractivity contribution in [2.75, 3.05) is 0 Å². The molecule has 0 spiro atoms. The Morgan fingerprint density at radius 3 is 2.19 bits per heavy atom. The number of H-pyrrole nitrogens is 1. The summed E-state index contributed by atoms with van der Waals surface area (Å²) in [4.78, 5) is 14.9. The van der Waals surface area contributed by atoms with Crippen LogP contribution >= 0.6 is 0 Å². The predicted octanol–water partition coefficient (Wildman–Crippen LogP) is 1.55. The van der Waals surface area contributed by atoms with Crippen molar-refractivity contribution in [3.63, 3.8) is 0 Å². The second-order valence-electron chi connectivity index (χ2n) is 4.66. The Morgan fingerprint density at radius 1 is 1.05 bits per heavy atom. The van der Waals surface area contributed by atoms with Crippen LogP contribution in [0.15, 0.2) is 34.1 Å². The molecule has 8 nitrogen and oxygen atoms in total. The Labute approximate surface area is 121 Å². The molecule has 0 fully saturated rings. The highest BCUT2D eigenvalue weighted by Crippen LogP contribution is 2.10. The fourth-order valence-corrected chi connectivity index (χ4v) is 2.03. The van der Waals surface area contributed by atoms with Crippen LogP contribution < -0.4 is 0 Å². The number of aromatic nitrogens is 5. The predicted molar refractivity (Wildman–Crippen MR) is 71.7 cm³/mol. The Kier molecular flexibility index (Phi) is 4.06. The first-order valence-corrected chi connectivity index (χ1v) is 6.70. The van der Waals surface area contributed by atoms with Crippen molar-refractivity contribution in [2.24, 2.45) is 0 Å². The fourth-order valence-electron chi connectivity index (χ4n) is 2.03. The summed E-state index contributed by atoms with van der Waals surface area (Å²) in [6.45, 7) is 3.90. The Balaban J connectivity index is 1.71. The summed E-state index contributed by atoms with van der Waals surface area (Å²) in [6.07, 6.45) is 6.92. The van der Waals surface area contributed by atoms with Crippen LogP contribution in [0.1, 0.15) is 30.0 Å². The molecule has 21 heavy (non-hydrogen) atoms. The summed E-state index contributed by atoms with van der Waals surface area (Å²) < 4.78 is 10.0. The SMILES string of the molecule is CCc1n[nH]c(CN(Cc2cocn2)Cc2cocn2)n1. The van der Waals surface area contributed by atoms with E-state index < -0.39 is 0 Å². The zero-order chi connectivity index (χ0) is 14.5. The van der Waals surface area contributed by atoms with E-state index in [9.17, 15) is 0 Å². The van der Waals surface area contributed by atoms with Gasteiger partial charge in [-0.2, -0.15) is 5.10 Å². The van der Waals surface area contributed by atoms with Crippen molar-refractivity contribution in [1.29, 1.82) is 0 Å². The maximum atomic E-state index is 5.01. The highest BCUT2D eigenvalue weighted by molar-refractivity contribution is 4.97. The van der Waals surface area contributed by atoms with Gasteiger partial charge in [0.2, 0.25) is 0 Å². The van der Waals surface area contributed by atoms with E-state index in [2.05, 4.69) is 30.0 Å². The van der Waals surface area contributed by atoms with Crippen molar-refractivity contribution in [3.05, 3.63) is 48.4 Å². The molecule has 0 aliphatic heterocycles. The minimum Gasteiger partial charge on any atom is -0.451 e. The number of aryl methyl sites for hydroxylation is 1. The summed E-state index contributed by atoms with van der Waals surface area (Å²) in [7, 11) is 0. The largest absolute Gasteiger partial charge is 0.451 e. The molecule has 3 aromatic rings. The van der Waals surface area contributed by atoms with Crippen molar-refractivity contribution in [3.8, 4) is 0 Å². The van der Waals surface area contributed by atoms with Crippen LogP contribution in [-0.2, 0) is 26.1 Å². The van der Waals surface area contributed by atoms with Gasteiger partial charge in [0.05, 0.1) is 17.9 Å². The molecule has 0 radical (unpaired) electrons. The third-order valence-electron chi connectivity index (χ3n) is 3.01. The minimum atomic E-state index is 0.618. The van der Waals surface area contributed by atoms with Crippen LogP contribution in [0.4, 0.5) is 0 Å². The minimum absolute atomic E-state index is 0.618. The fraction of sp³-hybridized carbons (Fsp3) is 0.385. The number of nitrogens with one attached hydrogen (secondary N) is 1. The van der Waals surface area contributed by atoms with Crippen molar-refractivity contribution < 1.29 is 8.83 Å². The summed E-state index contributed by atoms with van der Waals surface area (Å²) in [6, 6.07) is 0. The van der Waals surface area contributed by atoms with Gasteiger partial charge in [0, 0.05) is 19.5 Å². The molecule has 3 rings (SSSR count). The second kappa shape index (κ2) is 6.31. The van der Waals surface area contributed by atoms with Gasteiger partial charge in [0.25, 0.3) is 0 Å². The molecule has 0 aromatic carbocycles. The van der Waals surface area contributed by atoms with Gasteiger partial charge in [-0.05, 0) is 0 Å². The van der Waals surface area contributed by atoms with Gasteiger partial charge >= 0.3 is 0 Å². The maximum absolute atomic E-state index is 5.01. The number of nitrogens with zero attached hydrogens (tertiary/aromatic N) is 5. The van der Waals surface area contributed by atoms with Crippen LogP contribution in [-0.4, -0.2) is 30.0 Å². The molecule has 0 atom stereocenters. The summed E-state index contributed by atoms with van der Waals surface area (Å²) in [5, 5.41) is 7.11. The zero-order valence-electron chi connectivity index (χ0n) is 11.7. The third kappa shape index (κ3) is 3.54. The quantitative estimate of drug-likeness (QED) is 0.704. The van der Waals surface area contributed by atoms with Crippen LogP contribution in [0, 0.1) is 0 Å². The molecule has 3 heterocycles. The van der Waals surface area contributed by atoms with E-state index in [0.29, 0.717) is 19.6 Å². The molecule has 0 saturated carbocycles. The Morgan fingerprint density at radius 2 is 1.71 bits per heavy atom. The maximum Gasteiger partial charge on any atom is 0.180 e. The van der Waals surface area contributed by atoms with Gasteiger partial charge in [-0.3, -0.25) is 10.00 Å². The zero-order valence-corrected chi connectivity index (χ0v) is 11.7. The lowest BCUT2D eigenvalue weighted by molar-refractivity contribution is 0.235. The van der Waals surface area contributed by atoms with Crippen molar-refractivity contribution in [2.45, 2.75) is 33.0 Å².